The Hall–Kier alpha value is -0.630. The molecular weight excluding hydrogens is 344 g/mol. The summed E-state index contributed by atoms with van der Waals surface area (Å²) in [4.78, 5) is 0.179. The minimum Gasteiger partial charge on any atom is -0.398 e. The van der Waals surface area contributed by atoms with Gasteiger partial charge >= 0.3 is 0 Å². The van der Waals surface area contributed by atoms with Gasteiger partial charge in [0.15, 0.2) is 0 Å². The zero-order chi connectivity index (χ0) is 14.8. The molecule has 2 rings (SSSR count). The van der Waals surface area contributed by atoms with Crippen molar-refractivity contribution in [3.63, 3.8) is 0 Å². The lowest BCUT2D eigenvalue weighted by atomic mass is 10.1. The minimum atomic E-state index is -3.61. The van der Waals surface area contributed by atoms with Gasteiger partial charge in [0, 0.05) is 22.7 Å². The molecule has 1 aliphatic rings. The van der Waals surface area contributed by atoms with Crippen LogP contribution in [0.2, 0.25) is 0 Å². The highest BCUT2D eigenvalue weighted by Gasteiger charge is 2.32. The molecular formula is C13H19BrN2O3S. The van der Waals surface area contributed by atoms with Gasteiger partial charge in [-0.25, -0.2) is 8.42 Å². The number of hydrogen-bond donors (Lipinski definition) is 2. The third kappa shape index (κ3) is 3.16. The number of anilines is 1. The molecule has 20 heavy (non-hydrogen) atoms. The highest BCUT2D eigenvalue weighted by Crippen LogP contribution is 2.28. The molecule has 0 aromatic heterocycles. The molecule has 1 aliphatic heterocycles. The van der Waals surface area contributed by atoms with Crippen molar-refractivity contribution < 1.29 is 13.5 Å². The van der Waals surface area contributed by atoms with E-state index in [0.717, 1.165) is 19.3 Å². The molecule has 1 aromatic rings. The van der Waals surface area contributed by atoms with Crippen molar-refractivity contribution in [2.45, 2.75) is 36.6 Å². The largest absolute Gasteiger partial charge is 0.398 e. The Balaban J connectivity index is 2.38. The van der Waals surface area contributed by atoms with Crippen LogP contribution in [0.5, 0.6) is 0 Å². The number of aliphatic hydroxyl groups is 1. The van der Waals surface area contributed by atoms with Crippen molar-refractivity contribution in [2.24, 2.45) is 0 Å². The molecule has 1 fully saturated rings. The van der Waals surface area contributed by atoms with Crippen LogP contribution in [0.4, 0.5) is 5.69 Å². The maximum atomic E-state index is 12.7. The second-order valence-electron chi connectivity index (χ2n) is 4.98. The first-order chi connectivity index (χ1) is 9.46. The number of hydrogen-bond acceptors (Lipinski definition) is 4. The van der Waals surface area contributed by atoms with Crippen LogP contribution in [0.1, 0.15) is 25.7 Å². The van der Waals surface area contributed by atoms with Crippen molar-refractivity contribution in [3.05, 3.63) is 22.7 Å². The van der Waals surface area contributed by atoms with E-state index < -0.39 is 10.0 Å². The molecule has 3 N–H and O–H groups in total. The molecule has 1 aromatic carbocycles. The van der Waals surface area contributed by atoms with Gasteiger partial charge in [0.25, 0.3) is 0 Å². The van der Waals surface area contributed by atoms with Crippen molar-refractivity contribution >= 4 is 31.6 Å². The SMILES string of the molecule is Nc1cc(S(=O)(=O)N2CCCCCC2CO)ccc1Br. The lowest BCUT2D eigenvalue weighted by Crippen LogP contribution is -2.42. The van der Waals surface area contributed by atoms with E-state index in [2.05, 4.69) is 15.9 Å². The smallest absolute Gasteiger partial charge is 0.243 e. The molecule has 1 unspecified atom stereocenters. The van der Waals surface area contributed by atoms with E-state index in [1.165, 1.54) is 16.4 Å². The molecule has 0 saturated carbocycles. The lowest BCUT2D eigenvalue weighted by molar-refractivity contribution is 0.186. The third-order valence-corrected chi connectivity index (χ3v) is 6.28. The molecule has 0 amide bonds. The van der Waals surface area contributed by atoms with Crippen LogP contribution in [0.3, 0.4) is 0 Å². The Labute approximate surface area is 128 Å². The number of rotatable bonds is 3. The molecule has 0 spiro atoms. The molecule has 1 heterocycles. The summed E-state index contributed by atoms with van der Waals surface area (Å²) in [6.07, 6.45) is 3.45. The first kappa shape index (κ1) is 15.8. The predicted octanol–water partition coefficient (Wildman–Crippen LogP) is 1.96. The van der Waals surface area contributed by atoms with Crippen LogP contribution in [0, 0.1) is 0 Å². The quantitative estimate of drug-likeness (QED) is 0.805. The molecule has 7 heteroatoms. The summed E-state index contributed by atoms with van der Waals surface area (Å²) in [7, 11) is -3.61. The van der Waals surface area contributed by atoms with E-state index in [9.17, 15) is 13.5 Å². The van der Waals surface area contributed by atoms with Gasteiger partial charge in [-0.1, -0.05) is 12.8 Å². The topological polar surface area (TPSA) is 83.6 Å². The van der Waals surface area contributed by atoms with Crippen LogP contribution in [0.15, 0.2) is 27.6 Å². The second kappa shape index (κ2) is 6.43. The number of nitrogens with two attached hydrogens (primary N) is 1. The highest BCUT2D eigenvalue weighted by atomic mass is 79.9. The zero-order valence-corrected chi connectivity index (χ0v) is 13.5. The minimum absolute atomic E-state index is 0.148. The molecule has 5 nitrogen and oxygen atoms in total. The number of aliphatic hydroxyl groups excluding tert-OH is 1. The van der Waals surface area contributed by atoms with Gasteiger partial charge in [0.05, 0.1) is 11.5 Å². The molecule has 112 valence electrons. The second-order valence-corrected chi connectivity index (χ2v) is 7.73. The Morgan fingerprint density at radius 1 is 1.35 bits per heavy atom. The predicted molar refractivity (Wildman–Crippen MR) is 81.8 cm³/mol. The van der Waals surface area contributed by atoms with E-state index in [-0.39, 0.29) is 17.5 Å². The average Bonchev–Trinajstić information content (AvgIpc) is 2.67. The number of sulfonamides is 1. The van der Waals surface area contributed by atoms with Gasteiger partial charge in [-0.2, -0.15) is 4.31 Å². The van der Waals surface area contributed by atoms with Crippen LogP contribution in [-0.4, -0.2) is 37.0 Å². The van der Waals surface area contributed by atoms with E-state index in [4.69, 9.17) is 5.73 Å². The maximum Gasteiger partial charge on any atom is 0.243 e. The standard InChI is InChI=1S/C13H19BrN2O3S/c14-12-6-5-11(8-13(12)15)20(18,19)16-7-3-1-2-4-10(16)9-17/h5-6,8,10,17H,1-4,7,9,15H2. The van der Waals surface area contributed by atoms with Crippen molar-refractivity contribution in [1.82, 2.24) is 4.31 Å². The van der Waals surface area contributed by atoms with Gasteiger partial charge in [-0.3, -0.25) is 0 Å². The fraction of sp³-hybridized carbons (Fsp3) is 0.538. The Kier molecular flexibility index (Phi) is 5.06. The first-order valence-corrected chi connectivity index (χ1v) is 8.88. The van der Waals surface area contributed by atoms with Gasteiger partial charge in [0.2, 0.25) is 10.0 Å². The van der Waals surface area contributed by atoms with E-state index in [1.807, 2.05) is 0 Å². The molecule has 0 bridgehead atoms. The summed E-state index contributed by atoms with van der Waals surface area (Å²) < 4.78 is 27.5. The Morgan fingerprint density at radius 3 is 2.75 bits per heavy atom. The lowest BCUT2D eigenvalue weighted by Gasteiger charge is -2.27. The van der Waals surface area contributed by atoms with Crippen LogP contribution in [0.25, 0.3) is 0 Å². The normalized spacial score (nSPS) is 21.6. The fourth-order valence-electron chi connectivity index (χ4n) is 2.47. The molecule has 1 atom stereocenters. The van der Waals surface area contributed by atoms with E-state index in [1.54, 1.807) is 6.07 Å². The van der Waals surface area contributed by atoms with Crippen LogP contribution in [-0.2, 0) is 10.0 Å². The average molecular weight is 363 g/mol. The zero-order valence-electron chi connectivity index (χ0n) is 11.1. The third-order valence-electron chi connectivity index (χ3n) is 3.61. The number of nitrogen functional groups attached to an aromatic ring is 1. The van der Waals surface area contributed by atoms with Gasteiger partial charge < -0.3 is 10.8 Å². The fourth-order valence-corrected chi connectivity index (χ4v) is 4.43. The first-order valence-electron chi connectivity index (χ1n) is 6.64. The molecule has 0 radical (unpaired) electrons. The Morgan fingerprint density at radius 2 is 2.10 bits per heavy atom. The van der Waals surface area contributed by atoms with Crippen LogP contribution >= 0.6 is 15.9 Å². The monoisotopic (exact) mass is 362 g/mol. The van der Waals surface area contributed by atoms with Crippen molar-refractivity contribution in [2.75, 3.05) is 18.9 Å². The molecule has 1 saturated heterocycles. The number of nitrogens with zero attached hydrogens (tertiary/aromatic N) is 1. The van der Waals surface area contributed by atoms with Crippen molar-refractivity contribution in [1.29, 1.82) is 0 Å². The van der Waals surface area contributed by atoms with Gasteiger partial charge in [-0.05, 0) is 47.0 Å². The van der Waals surface area contributed by atoms with E-state index in [0.29, 0.717) is 23.1 Å². The van der Waals surface area contributed by atoms with Crippen molar-refractivity contribution in [3.8, 4) is 0 Å². The highest BCUT2D eigenvalue weighted by molar-refractivity contribution is 9.10. The summed E-state index contributed by atoms with van der Waals surface area (Å²) >= 11 is 3.26. The summed E-state index contributed by atoms with van der Waals surface area (Å²) in [5.41, 5.74) is 6.16. The van der Waals surface area contributed by atoms with Gasteiger partial charge in [0.1, 0.15) is 0 Å². The Bertz CT molecular complexity index is 577. The summed E-state index contributed by atoms with van der Waals surface area (Å²) in [6, 6.07) is 4.29. The number of halogens is 1. The summed E-state index contributed by atoms with van der Waals surface area (Å²) in [5, 5.41) is 9.46. The summed E-state index contributed by atoms with van der Waals surface area (Å²) in [5.74, 6) is 0. The molecule has 0 aliphatic carbocycles. The maximum absolute atomic E-state index is 12.7. The van der Waals surface area contributed by atoms with Crippen LogP contribution < -0.4 is 5.73 Å². The van der Waals surface area contributed by atoms with E-state index >= 15 is 0 Å². The van der Waals surface area contributed by atoms with Gasteiger partial charge in [-0.15, -0.1) is 0 Å². The number of benzene rings is 1. The summed E-state index contributed by atoms with van der Waals surface area (Å²) in [6.45, 7) is 0.300.